The molecule has 0 saturated carbocycles. The van der Waals surface area contributed by atoms with Gasteiger partial charge < -0.3 is 25.1 Å². The number of thioether (sulfide) groups is 1. The zero-order chi connectivity index (χ0) is 50.1. The number of piperidine rings is 2. The fraction of sp³-hybridized carbons (Fsp3) is 0.396. The minimum atomic E-state index is -4.46. The van der Waals surface area contributed by atoms with Crippen molar-refractivity contribution in [2.45, 2.75) is 61.0 Å². The van der Waals surface area contributed by atoms with E-state index in [4.69, 9.17) is 11.6 Å². The zero-order valence-electron chi connectivity index (χ0n) is 40.3. The number of sulfonamides is 1. The molecule has 0 aliphatic carbocycles. The number of benzene rings is 5. The number of piperazine rings is 1. The van der Waals surface area contributed by atoms with Crippen LogP contribution >= 0.6 is 23.4 Å². The molecular formula is C53H63ClN8O7S2. The average Bonchev–Trinajstić information content (AvgIpc) is 3.36. The molecule has 1 spiro atoms. The molecule has 3 fully saturated rings. The summed E-state index contributed by atoms with van der Waals surface area (Å²) in [5, 5.41) is 25.7. The molecule has 1 atom stereocenters. The third-order valence-corrected chi connectivity index (χ3v) is 16.9. The molecule has 376 valence electrons. The summed E-state index contributed by atoms with van der Waals surface area (Å²) in [7, 11) is -0.548. The topological polar surface area (TPSA) is 172 Å². The SMILES string of the molecule is CN(C)CC[C@H](CSc1ccccc1)Nc1ccc(S(=O)(=O)NC(=O)c2ccc(N3CCN(Cc4cc(CN5CCC6(CC5)CCN(C(=O)O)CC6)ccc4-c4ccc(Cl)cc4)CC3)cc2)cc1[N+](=O)[O-]. The van der Waals surface area contributed by atoms with Crippen molar-refractivity contribution in [3.05, 3.63) is 147 Å². The molecule has 3 heterocycles. The Hall–Kier alpha value is -5.69. The van der Waals surface area contributed by atoms with Crippen LogP contribution in [-0.2, 0) is 23.1 Å². The van der Waals surface area contributed by atoms with E-state index >= 15 is 0 Å². The summed E-state index contributed by atoms with van der Waals surface area (Å²) >= 11 is 7.92. The number of hydrogen-bond donors (Lipinski definition) is 3. The number of amides is 2. The highest BCUT2D eigenvalue weighted by Crippen LogP contribution is 2.42. The van der Waals surface area contributed by atoms with E-state index in [0.29, 0.717) is 30.3 Å². The molecule has 15 nitrogen and oxygen atoms in total. The van der Waals surface area contributed by atoms with Crippen LogP contribution in [0.5, 0.6) is 0 Å². The molecule has 8 rings (SSSR count). The summed E-state index contributed by atoms with van der Waals surface area (Å²) in [5.41, 5.74) is 5.89. The number of anilines is 2. The Morgan fingerprint density at radius 1 is 0.817 bits per heavy atom. The number of hydrogen-bond acceptors (Lipinski definition) is 12. The molecular weight excluding hydrogens is 960 g/mol. The fourth-order valence-electron chi connectivity index (χ4n) is 9.87. The second kappa shape index (κ2) is 23.2. The van der Waals surface area contributed by atoms with Gasteiger partial charge in [-0.05, 0) is 154 Å². The van der Waals surface area contributed by atoms with Gasteiger partial charge in [-0.15, -0.1) is 11.8 Å². The number of nitro benzene ring substituents is 1. The Morgan fingerprint density at radius 3 is 2.13 bits per heavy atom. The largest absolute Gasteiger partial charge is 0.465 e. The van der Waals surface area contributed by atoms with Crippen LogP contribution in [0, 0.1) is 15.5 Å². The number of nitrogens with zero attached hydrogens (tertiary/aromatic N) is 6. The van der Waals surface area contributed by atoms with Crippen LogP contribution in [0.4, 0.5) is 21.9 Å². The van der Waals surface area contributed by atoms with Crippen LogP contribution < -0.4 is 14.9 Å². The van der Waals surface area contributed by atoms with Gasteiger partial charge in [0.1, 0.15) is 5.69 Å². The highest BCUT2D eigenvalue weighted by Gasteiger charge is 2.38. The smallest absolute Gasteiger partial charge is 0.407 e. The van der Waals surface area contributed by atoms with Crippen LogP contribution in [-0.4, -0.2) is 135 Å². The van der Waals surface area contributed by atoms with Crippen LogP contribution in [0.15, 0.2) is 125 Å². The summed E-state index contributed by atoms with van der Waals surface area (Å²) < 4.78 is 29.1. The molecule has 0 unspecified atom stereocenters. The van der Waals surface area contributed by atoms with Crippen LogP contribution in [0.1, 0.15) is 53.6 Å². The van der Waals surface area contributed by atoms with Gasteiger partial charge in [-0.3, -0.25) is 24.7 Å². The second-order valence-electron chi connectivity index (χ2n) is 19.3. The number of carbonyl (C=O) groups excluding carboxylic acids is 1. The molecule has 0 bridgehead atoms. The third kappa shape index (κ3) is 13.6. The van der Waals surface area contributed by atoms with Gasteiger partial charge in [0.05, 0.1) is 9.82 Å². The number of carboxylic acid groups (broad SMARTS) is 1. The van der Waals surface area contributed by atoms with Crippen LogP contribution in [0.2, 0.25) is 5.02 Å². The maximum atomic E-state index is 13.5. The first kappa shape index (κ1) is 51.7. The van der Waals surface area contributed by atoms with Crippen LogP contribution in [0.25, 0.3) is 11.1 Å². The quantitative estimate of drug-likeness (QED) is 0.0431. The predicted octanol–water partition coefficient (Wildman–Crippen LogP) is 9.24. The third-order valence-electron chi connectivity index (χ3n) is 14.2. The first-order valence-electron chi connectivity index (χ1n) is 24.2. The molecule has 71 heavy (non-hydrogen) atoms. The number of carbonyl (C=O) groups is 2. The lowest BCUT2D eigenvalue weighted by atomic mass is 9.71. The average molecular weight is 1020 g/mol. The Kier molecular flexibility index (Phi) is 16.9. The van der Waals surface area contributed by atoms with Crippen LogP contribution in [0.3, 0.4) is 0 Å². The van der Waals surface area contributed by atoms with Crippen molar-refractivity contribution in [1.29, 1.82) is 0 Å². The molecule has 0 radical (unpaired) electrons. The molecule has 3 N–H and O–H groups in total. The van der Waals surface area contributed by atoms with Crippen molar-refractivity contribution in [3.8, 4) is 11.1 Å². The molecule has 5 aromatic rings. The van der Waals surface area contributed by atoms with E-state index in [1.54, 1.807) is 28.8 Å². The lowest BCUT2D eigenvalue weighted by molar-refractivity contribution is -0.384. The molecule has 3 aliphatic rings. The Labute approximate surface area is 426 Å². The van der Waals surface area contributed by atoms with Gasteiger partial charge in [0.2, 0.25) is 0 Å². The summed E-state index contributed by atoms with van der Waals surface area (Å²) in [6, 6.07) is 35.0. The van der Waals surface area contributed by atoms with E-state index < -0.39 is 32.6 Å². The van der Waals surface area contributed by atoms with Gasteiger partial charge in [-0.2, -0.15) is 0 Å². The van der Waals surface area contributed by atoms with E-state index in [9.17, 15) is 33.2 Å². The maximum absolute atomic E-state index is 13.5. The van der Waals surface area contributed by atoms with E-state index in [-0.39, 0.29) is 27.6 Å². The first-order valence-corrected chi connectivity index (χ1v) is 27.1. The Bertz CT molecular complexity index is 2740. The predicted molar refractivity (Wildman–Crippen MR) is 282 cm³/mol. The van der Waals surface area contributed by atoms with Crippen molar-refractivity contribution < 1.29 is 28.0 Å². The summed E-state index contributed by atoms with van der Waals surface area (Å²) in [4.78, 5) is 48.0. The summed E-state index contributed by atoms with van der Waals surface area (Å²) in [5.74, 6) is -0.209. The fourth-order valence-corrected chi connectivity index (χ4v) is 12.0. The number of nitro groups is 1. The normalized spacial score (nSPS) is 17.0. The number of halogens is 1. The van der Waals surface area contributed by atoms with E-state index in [1.165, 1.54) is 28.8 Å². The maximum Gasteiger partial charge on any atom is 0.407 e. The van der Waals surface area contributed by atoms with Gasteiger partial charge in [-0.1, -0.05) is 60.1 Å². The van der Waals surface area contributed by atoms with Crippen molar-refractivity contribution in [2.75, 3.05) is 89.0 Å². The van der Waals surface area contributed by atoms with Crippen molar-refractivity contribution in [3.63, 3.8) is 0 Å². The zero-order valence-corrected chi connectivity index (χ0v) is 42.7. The Balaban J connectivity index is 0.867. The number of likely N-dealkylation sites (tertiary alicyclic amines) is 2. The molecule has 2 amide bonds. The summed E-state index contributed by atoms with van der Waals surface area (Å²) in [6.45, 7) is 8.74. The van der Waals surface area contributed by atoms with E-state index in [1.807, 2.05) is 73.6 Å². The van der Waals surface area contributed by atoms with Gasteiger partial charge >= 0.3 is 6.09 Å². The highest BCUT2D eigenvalue weighted by molar-refractivity contribution is 7.99. The van der Waals surface area contributed by atoms with Gasteiger partial charge in [0, 0.05) is 91.4 Å². The lowest BCUT2D eigenvalue weighted by Crippen LogP contribution is -2.47. The first-order chi connectivity index (χ1) is 34.1. The Morgan fingerprint density at radius 2 is 1.48 bits per heavy atom. The van der Waals surface area contributed by atoms with Gasteiger partial charge in [-0.25, -0.2) is 17.9 Å². The van der Waals surface area contributed by atoms with Crippen molar-refractivity contribution >= 4 is 62.4 Å². The van der Waals surface area contributed by atoms with Gasteiger partial charge in [0.25, 0.3) is 21.6 Å². The minimum absolute atomic E-state index is 0.142. The highest BCUT2D eigenvalue weighted by atomic mass is 35.5. The standard InChI is InChI=1S/C53H63ClN8O7S2/c1-57(2)25-20-44(38-70-46-6-4-3-5-7-46)55-49-19-17-47(35-50(49)62(66)67)71(68,69)56-51(63)41-11-15-45(16-12-41)60-32-30-59(31-33-60)37-42-34-39(8-18-48(42)40-9-13-43(54)14-10-40)36-58-26-21-53(22-27-58)23-28-61(29-24-53)52(64)65/h3-19,34-35,44,55H,20-33,36-38H2,1-2H3,(H,56,63)(H,64,65)/t44-/m1/s1. The van der Waals surface area contributed by atoms with Crippen molar-refractivity contribution in [1.82, 2.24) is 24.3 Å². The lowest BCUT2D eigenvalue weighted by Gasteiger charge is -2.46. The second-order valence-corrected chi connectivity index (χ2v) is 22.5. The number of nitrogens with one attached hydrogen (secondary N) is 2. The molecule has 3 aliphatic heterocycles. The number of rotatable bonds is 18. The molecule has 18 heteroatoms. The molecule has 3 saturated heterocycles. The molecule has 5 aromatic carbocycles. The summed E-state index contributed by atoms with van der Waals surface area (Å²) in [6.07, 6.45) is 3.95. The monoisotopic (exact) mass is 1020 g/mol. The molecule has 0 aromatic heterocycles. The van der Waals surface area contributed by atoms with E-state index in [2.05, 4.69) is 55.1 Å². The van der Waals surface area contributed by atoms with Gasteiger partial charge in [0.15, 0.2) is 0 Å². The van der Waals surface area contributed by atoms with Crippen molar-refractivity contribution in [2.24, 2.45) is 5.41 Å². The van der Waals surface area contributed by atoms with E-state index in [0.717, 1.165) is 107 Å². The minimum Gasteiger partial charge on any atom is -0.465 e.